The number of hydrogen-bond donors (Lipinski definition) is 1. The molecule has 2 fully saturated rings. The van der Waals surface area contributed by atoms with Gasteiger partial charge in [-0.25, -0.2) is 0 Å². The Bertz CT molecular complexity index is 517. The molecule has 1 amide bonds. The van der Waals surface area contributed by atoms with Crippen molar-refractivity contribution in [3.05, 3.63) is 23.2 Å². The van der Waals surface area contributed by atoms with E-state index in [0.29, 0.717) is 23.1 Å². The first-order valence-electron chi connectivity index (χ1n) is 7.29. The first kappa shape index (κ1) is 13.7. The number of anilines is 1. The topological polar surface area (TPSA) is 38.3 Å². The molecule has 0 heterocycles. The van der Waals surface area contributed by atoms with E-state index < -0.39 is 0 Å². The zero-order valence-corrected chi connectivity index (χ0v) is 12.5. The van der Waals surface area contributed by atoms with E-state index in [0.717, 1.165) is 17.5 Å². The van der Waals surface area contributed by atoms with Crippen LogP contribution >= 0.6 is 11.6 Å². The number of methoxy groups -OCH3 is 1. The van der Waals surface area contributed by atoms with E-state index in [9.17, 15) is 4.79 Å². The third kappa shape index (κ3) is 2.78. The lowest BCUT2D eigenvalue weighted by atomic mass is 9.86. The standard InChI is InChI=1S/C16H20ClNO2/c1-20-15-5-4-13(9-14(15)17)18-16(19)8-12-7-10-2-3-11(12)6-10/h4-5,9-12H,2-3,6-8H2,1H3,(H,18,19)/t10-,11-,12-/m1/s1. The summed E-state index contributed by atoms with van der Waals surface area (Å²) in [7, 11) is 1.58. The van der Waals surface area contributed by atoms with Gasteiger partial charge < -0.3 is 10.1 Å². The summed E-state index contributed by atoms with van der Waals surface area (Å²) in [6.07, 6.45) is 5.91. The zero-order valence-electron chi connectivity index (χ0n) is 11.7. The Labute approximate surface area is 124 Å². The summed E-state index contributed by atoms with van der Waals surface area (Å²) in [5.74, 6) is 2.97. The molecule has 2 bridgehead atoms. The van der Waals surface area contributed by atoms with Crippen molar-refractivity contribution in [2.24, 2.45) is 17.8 Å². The molecule has 0 radical (unpaired) electrons. The van der Waals surface area contributed by atoms with Crippen LogP contribution in [0, 0.1) is 17.8 Å². The molecule has 0 saturated heterocycles. The molecule has 20 heavy (non-hydrogen) atoms. The Morgan fingerprint density at radius 2 is 2.25 bits per heavy atom. The Kier molecular flexibility index (Phi) is 3.88. The van der Waals surface area contributed by atoms with Gasteiger partial charge in [-0.1, -0.05) is 18.0 Å². The highest BCUT2D eigenvalue weighted by molar-refractivity contribution is 6.32. The van der Waals surface area contributed by atoms with Crippen LogP contribution in [0.15, 0.2) is 18.2 Å². The third-order valence-corrected chi connectivity index (χ3v) is 5.06. The van der Waals surface area contributed by atoms with Crippen molar-refractivity contribution in [1.82, 2.24) is 0 Å². The van der Waals surface area contributed by atoms with Crippen LogP contribution in [-0.4, -0.2) is 13.0 Å². The van der Waals surface area contributed by atoms with Crippen molar-refractivity contribution in [2.75, 3.05) is 12.4 Å². The number of amides is 1. The zero-order chi connectivity index (χ0) is 14.1. The molecule has 0 spiro atoms. The largest absolute Gasteiger partial charge is 0.495 e. The van der Waals surface area contributed by atoms with E-state index in [1.807, 2.05) is 6.07 Å². The van der Waals surface area contributed by atoms with Crippen LogP contribution in [-0.2, 0) is 4.79 Å². The SMILES string of the molecule is COc1ccc(NC(=O)C[C@H]2C[C@@H]3CC[C@@H]2C3)cc1Cl. The fraction of sp³-hybridized carbons (Fsp3) is 0.562. The Balaban J connectivity index is 1.57. The number of hydrogen-bond acceptors (Lipinski definition) is 2. The maximum Gasteiger partial charge on any atom is 0.224 e. The molecule has 3 rings (SSSR count). The molecule has 2 aliphatic carbocycles. The van der Waals surface area contributed by atoms with Crippen LogP contribution in [0.1, 0.15) is 32.1 Å². The number of fused-ring (bicyclic) bond motifs is 2. The van der Waals surface area contributed by atoms with Gasteiger partial charge in [-0.15, -0.1) is 0 Å². The van der Waals surface area contributed by atoms with Gasteiger partial charge in [0.15, 0.2) is 0 Å². The predicted molar refractivity (Wildman–Crippen MR) is 80.2 cm³/mol. The van der Waals surface area contributed by atoms with Crippen molar-refractivity contribution >= 4 is 23.2 Å². The van der Waals surface area contributed by atoms with Crippen molar-refractivity contribution in [2.45, 2.75) is 32.1 Å². The van der Waals surface area contributed by atoms with Gasteiger partial charge >= 0.3 is 0 Å². The lowest BCUT2D eigenvalue weighted by molar-refractivity contribution is -0.117. The number of halogens is 1. The van der Waals surface area contributed by atoms with Gasteiger partial charge in [-0.3, -0.25) is 4.79 Å². The predicted octanol–water partition coefficient (Wildman–Crippen LogP) is 4.11. The number of ether oxygens (including phenoxy) is 1. The molecule has 3 atom stereocenters. The lowest BCUT2D eigenvalue weighted by Crippen LogP contribution is -2.20. The van der Waals surface area contributed by atoms with Crippen LogP contribution in [0.25, 0.3) is 0 Å². The van der Waals surface area contributed by atoms with Crippen LogP contribution in [0.4, 0.5) is 5.69 Å². The number of carbonyl (C=O) groups is 1. The first-order chi connectivity index (χ1) is 9.65. The molecule has 1 aromatic rings. The molecular formula is C16H20ClNO2. The van der Waals surface area contributed by atoms with Crippen LogP contribution in [0.3, 0.4) is 0 Å². The molecule has 0 unspecified atom stereocenters. The van der Waals surface area contributed by atoms with Gasteiger partial charge in [0, 0.05) is 12.1 Å². The van der Waals surface area contributed by atoms with E-state index in [2.05, 4.69) is 5.32 Å². The maximum absolute atomic E-state index is 12.1. The monoisotopic (exact) mass is 293 g/mol. The minimum Gasteiger partial charge on any atom is -0.495 e. The molecule has 108 valence electrons. The van der Waals surface area contributed by atoms with Crippen molar-refractivity contribution in [1.29, 1.82) is 0 Å². The van der Waals surface area contributed by atoms with Gasteiger partial charge in [0.25, 0.3) is 0 Å². The van der Waals surface area contributed by atoms with E-state index in [1.54, 1.807) is 19.2 Å². The van der Waals surface area contributed by atoms with Gasteiger partial charge in [-0.2, -0.15) is 0 Å². The number of nitrogens with one attached hydrogen (secondary N) is 1. The van der Waals surface area contributed by atoms with Gasteiger partial charge in [0.1, 0.15) is 5.75 Å². The smallest absolute Gasteiger partial charge is 0.224 e. The van der Waals surface area contributed by atoms with E-state index in [1.165, 1.54) is 25.7 Å². The minimum atomic E-state index is 0.101. The van der Waals surface area contributed by atoms with Gasteiger partial charge in [0.05, 0.1) is 12.1 Å². The summed E-state index contributed by atoms with van der Waals surface area (Å²) in [6.45, 7) is 0. The van der Waals surface area contributed by atoms with Gasteiger partial charge in [0.2, 0.25) is 5.91 Å². The molecule has 2 saturated carbocycles. The normalized spacial score (nSPS) is 27.6. The Morgan fingerprint density at radius 3 is 2.85 bits per heavy atom. The molecule has 2 aliphatic rings. The van der Waals surface area contributed by atoms with E-state index in [4.69, 9.17) is 16.3 Å². The third-order valence-electron chi connectivity index (χ3n) is 4.77. The highest BCUT2D eigenvalue weighted by Gasteiger charge is 2.40. The molecule has 0 aliphatic heterocycles. The molecular weight excluding hydrogens is 274 g/mol. The second kappa shape index (κ2) is 5.65. The highest BCUT2D eigenvalue weighted by atomic mass is 35.5. The summed E-state index contributed by atoms with van der Waals surface area (Å²) in [5, 5.41) is 3.46. The Hall–Kier alpha value is -1.22. The van der Waals surface area contributed by atoms with Crippen molar-refractivity contribution < 1.29 is 9.53 Å². The lowest BCUT2D eigenvalue weighted by Gasteiger charge is -2.21. The molecule has 0 aromatic heterocycles. The minimum absolute atomic E-state index is 0.101. The second-order valence-corrected chi connectivity index (χ2v) is 6.44. The van der Waals surface area contributed by atoms with Gasteiger partial charge in [-0.05, 0) is 55.2 Å². The Morgan fingerprint density at radius 1 is 1.40 bits per heavy atom. The fourth-order valence-corrected chi connectivity index (χ4v) is 4.08. The second-order valence-electron chi connectivity index (χ2n) is 6.04. The van der Waals surface area contributed by atoms with Crippen LogP contribution in [0.2, 0.25) is 5.02 Å². The molecule has 3 nitrogen and oxygen atoms in total. The summed E-state index contributed by atoms with van der Waals surface area (Å²) < 4.78 is 5.10. The highest BCUT2D eigenvalue weighted by Crippen LogP contribution is 2.49. The molecule has 1 aromatic carbocycles. The molecule has 4 heteroatoms. The summed E-state index contributed by atoms with van der Waals surface area (Å²) in [6, 6.07) is 5.33. The molecule has 1 N–H and O–H groups in total. The van der Waals surface area contributed by atoms with Crippen molar-refractivity contribution in [3.8, 4) is 5.75 Å². The van der Waals surface area contributed by atoms with Crippen molar-refractivity contribution in [3.63, 3.8) is 0 Å². The summed E-state index contributed by atoms with van der Waals surface area (Å²) in [4.78, 5) is 12.1. The number of benzene rings is 1. The fourth-order valence-electron chi connectivity index (χ4n) is 3.82. The van der Waals surface area contributed by atoms with E-state index in [-0.39, 0.29) is 5.91 Å². The average molecular weight is 294 g/mol. The first-order valence-corrected chi connectivity index (χ1v) is 7.67. The van der Waals surface area contributed by atoms with Crippen LogP contribution in [0.5, 0.6) is 5.75 Å². The average Bonchev–Trinajstić information content (AvgIpc) is 3.01. The summed E-state index contributed by atoms with van der Waals surface area (Å²) >= 11 is 6.06. The number of carbonyl (C=O) groups excluding carboxylic acids is 1. The number of rotatable bonds is 4. The van der Waals surface area contributed by atoms with E-state index >= 15 is 0 Å². The summed E-state index contributed by atoms with van der Waals surface area (Å²) in [5.41, 5.74) is 0.740. The maximum atomic E-state index is 12.1. The quantitative estimate of drug-likeness (QED) is 0.907. The van der Waals surface area contributed by atoms with Crippen LogP contribution < -0.4 is 10.1 Å².